The third kappa shape index (κ3) is 8.06. The summed E-state index contributed by atoms with van der Waals surface area (Å²) in [7, 11) is -4.70. The number of unbranched alkanes of at least 4 members (excludes halogenated alkanes) is 8. The molecule has 0 spiro atoms. The normalized spacial score (nSPS) is 12.2. The van der Waals surface area contributed by atoms with Gasteiger partial charge in [0.1, 0.15) is 5.60 Å². The summed E-state index contributed by atoms with van der Waals surface area (Å²) < 4.78 is 17.5. The Kier molecular flexibility index (Phi) is 10.1. The molecular weight excluding hydrogens is 383 g/mol. The zero-order valence-electron chi connectivity index (χ0n) is 17.5. The molecule has 2 aromatic rings. The van der Waals surface area contributed by atoms with Gasteiger partial charge in [-0.15, -0.1) is 0 Å². The highest BCUT2D eigenvalue weighted by atomic mass is 31.2. The topological polar surface area (TPSA) is 66.8 Å². The Balaban J connectivity index is 2.09. The van der Waals surface area contributed by atoms with E-state index in [1.54, 1.807) is 0 Å². The summed E-state index contributed by atoms with van der Waals surface area (Å²) in [6.45, 7) is 2.23. The molecule has 2 aromatic carbocycles. The third-order valence-corrected chi connectivity index (χ3v) is 5.94. The molecule has 0 amide bonds. The summed E-state index contributed by atoms with van der Waals surface area (Å²) in [5.74, 6) is 0. The summed E-state index contributed by atoms with van der Waals surface area (Å²) in [6.07, 6.45) is 11.2. The number of rotatable bonds is 14. The van der Waals surface area contributed by atoms with Crippen molar-refractivity contribution in [2.75, 3.05) is 0 Å². The van der Waals surface area contributed by atoms with E-state index >= 15 is 0 Å². The highest BCUT2D eigenvalue weighted by Crippen LogP contribution is 2.51. The summed E-state index contributed by atoms with van der Waals surface area (Å²) in [4.78, 5) is 19.4. The van der Waals surface area contributed by atoms with E-state index in [1.165, 1.54) is 38.5 Å². The Bertz CT molecular complexity index is 688. The van der Waals surface area contributed by atoms with Crippen LogP contribution in [0.2, 0.25) is 0 Å². The monoisotopic (exact) mass is 418 g/mol. The highest BCUT2D eigenvalue weighted by molar-refractivity contribution is 7.46. The van der Waals surface area contributed by atoms with Gasteiger partial charge in [-0.1, -0.05) is 119 Å². The van der Waals surface area contributed by atoms with Crippen LogP contribution in [0.25, 0.3) is 0 Å². The molecule has 0 aliphatic carbocycles. The van der Waals surface area contributed by atoms with E-state index in [0.717, 1.165) is 30.4 Å². The van der Waals surface area contributed by atoms with E-state index in [-0.39, 0.29) is 0 Å². The van der Waals surface area contributed by atoms with Crippen LogP contribution in [0.1, 0.15) is 82.3 Å². The fourth-order valence-corrected chi connectivity index (χ4v) is 4.62. The van der Waals surface area contributed by atoms with Crippen LogP contribution in [-0.2, 0) is 14.7 Å². The SMILES string of the molecule is CCCCCCCCCCCC(OP(=O)(O)O)(c1ccccc1)c1ccccc1. The molecule has 0 aromatic heterocycles. The quantitative estimate of drug-likeness (QED) is 0.257. The summed E-state index contributed by atoms with van der Waals surface area (Å²) in [5.41, 5.74) is 0.394. The van der Waals surface area contributed by atoms with Crippen molar-refractivity contribution in [1.82, 2.24) is 0 Å². The van der Waals surface area contributed by atoms with Gasteiger partial charge in [0.05, 0.1) is 0 Å². The van der Waals surface area contributed by atoms with E-state index in [9.17, 15) is 14.4 Å². The second kappa shape index (κ2) is 12.3. The summed E-state index contributed by atoms with van der Waals surface area (Å²) in [5, 5.41) is 0. The molecule has 0 saturated heterocycles. The molecule has 0 unspecified atom stereocenters. The Hall–Kier alpha value is -1.45. The maximum Gasteiger partial charge on any atom is 0.470 e. The minimum Gasteiger partial charge on any atom is -0.303 e. The zero-order chi connectivity index (χ0) is 21.0. The van der Waals surface area contributed by atoms with Gasteiger partial charge >= 0.3 is 7.82 Å². The molecular formula is C24H35O4P. The fourth-order valence-electron chi connectivity index (χ4n) is 3.91. The lowest BCUT2D eigenvalue weighted by Crippen LogP contribution is -2.30. The lowest BCUT2D eigenvalue weighted by atomic mass is 9.82. The van der Waals surface area contributed by atoms with Crippen LogP contribution in [0, 0.1) is 0 Å². The fraction of sp³-hybridized carbons (Fsp3) is 0.500. The predicted molar refractivity (Wildman–Crippen MR) is 119 cm³/mol. The van der Waals surface area contributed by atoms with Gasteiger partial charge in [-0.25, -0.2) is 4.57 Å². The van der Waals surface area contributed by atoms with E-state index in [2.05, 4.69) is 6.92 Å². The van der Waals surface area contributed by atoms with Crippen molar-refractivity contribution in [1.29, 1.82) is 0 Å². The van der Waals surface area contributed by atoms with Gasteiger partial charge in [0.25, 0.3) is 0 Å². The minimum absolute atomic E-state index is 0.530. The number of benzene rings is 2. The summed E-state index contributed by atoms with van der Waals surface area (Å²) in [6, 6.07) is 18.9. The Morgan fingerprint density at radius 1 is 0.724 bits per heavy atom. The molecule has 0 heterocycles. The van der Waals surface area contributed by atoms with Crippen molar-refractivity contribution < 1.29 is 18.9 Å². The van der Waals surface area contributed by atoms with Gasteiger partial charge in [0, 0.05) is 0 Å². The largest absolute Gasteiger partial charge is 0.470 e. The van der Waals surface area contributed by atoms with E-state index in [1.807, 2.05) is 60.7 Å². The molecule has 0 fully saturated rings. The average Bonchev–Trinajstić information content (AvgIpc) is 2.72. The smallest absolute Gasteiger partial charge is 0.303 e. The van der Waals surface area contributed by atoms with Crippen molar-refractivity contribution in [3.63, 3.8) is 0 Å². The predicted octanol–water partition coefficient (Wildman–Crippen LogP) is 6.96. The van der Waals surface area contributed by atoms with Crippen molar-refractivity contribution >= 4 is 7.82 Å². The molecule has 0 radical (unpaired) electrons. The van der Waals surface area contributed by atoms with Crippen LogP contribution in [-0.4, -0.2) is 9.79 Å². The Morgan fingerprint density at radius 2 is 1.14 bits per heavy atom. The van der Waals surface area contributed by atoms with Crippen molar-refractivity contribution in [2.45, 2.75) is 76.7 Å². The molecule has 4 nitrogen and oxygen atoms in total. The van der Waals surface area contributed by atoms with Crippen LogP contribution in [0.5, 0.6) is 0 Å². The molecule has 160 valence electrons. The second-order valence-corrected chi connectivity index (χ2v) is 8.88. The van der Waals surface area contributed by atoms with Crippen molar-refractivity contribution in [3.8, 4) is 0 Å². The van der Waals surface area contributed by atoms with Crippen LogP contribution >= 0.6 is 7.82 Å². The van der Waals surface area contributed by atoms with Gasteiger partial charge in [-0.2, -0.15) is 0 Å². The van der Waals surface area contributed by atoms with Crippen LogP contribution in [0.15, 0.2) is 60.7 Å². The van der Waals surface area contributed by atoms with Crippen molar-refractivity contribution in [2.24, 2.45) is 0 Å². The molecule has 0 aliphatic heterocycles. The third-order valence-electron chi connectivity index (χ3n) is 5.39. The first-order valence-electron chi connectivity index (χ1n) is 10.9. The lowest BCUT2D eigenvalue weighted by Gasteiger charge is -2.35. The molecule has 0 bridgehead atoms. The van der Waals surface area contributed by atoms with Crippen LogP contribution in [0.3, 0.4) is 0 Å². The standard InChI is InChI=1S/C24H35O4P/c1-2-3-4-5-6-7-8-9-16-21-24(28-29(25,26)27,22-17-12-10-13-18-22)23-19-14-11-15-20-23/h10-15,17-20H,2-9,16,21H2,1H3,(H2,25,26,27). The molecule has 2 rings (SSSR count). The molecule has 2 N–H and O–H groups in total. The molecule has 5 heteroatoms. The number of hydrogen-bond acceptors (Lipinski definition) is 2. The van der Waals surface area contributed by atoms with Gasteiger partial charge in [0.2, 0.25) is 0 Å². The van der Waals surface area contributed by atoms with E-state index in [4.69, 9.17) is 4.52 Å². The molecule has 29 heavy (non-hydrogen) atoms. The first-order valence-corrected chi connectivity index (χ1v) is 12.4. The molecule has 0 atom stereocenters. The van der Waals surface area contributed by atoms with E-state index in [0.29, 0.717) is 6.42 Å². The second-order valence-electron chi connectivity index (χ2n) is 7.72. The zero-order valence-corrected chi connectivity index (χ0v) is 18.4. The maximum absolute atomic E-state index is 11.9. The first-order chi connectivity index (χ1) is 14.0. The Morgan fingerprint density at radius 3 is 1.55 bits per heavy atom. The van der Waals surface area contributed by atoms with Gasteiger partial charge in [-0.05, 0) is 24.0 Å². The lowest BCUT2D eigenvalue weighted by molar-refractivity contribution is 0.0551. The summed E-state index contributed by atoms with van der Waals surface area (Å²) >= 11 is 0. The minimum atomic E-state index is -4.70. The van der Waals surface area contributed by atoms with Crippen molar-refractivity contribution in [3.05, 3.63) is 71.8 Å². The number of phosphoric ester groups is 1. The maximum atomic E-state index is 11.9. The highest BCUT2D eigenvalue weighted by Gasteiger charge is 2.40. The molecule has 0 saturated carbocycles. The average molecular weight is 419 g/mol. The first kappa shape index (κ1) is 23.8. The van der Waals surface area contributed by atoms with E-state index < -0.39 is 13.4 Å². The number of phosphoric acid groups is 1. The molecule has 0 aliphatic rings. The van der Waals surface area contributed by atoms with Gasteiger partial charge in [-0.3, -0.25) is 4.52 Å². The van der Waals surface area contributed by atoms with Gasteiger partial charge < -0.3 is 9.79 Å². The Labute approximate surface area is 175 Å². The van der Waals surface area contributed by atoms with Gasteiger partial charge in [0.15, 0.2) is 0 Å². The van der Waals surface area contributed by atoms with Crippen LogP contribution in [0.4, 0.5) is 0 Å². The number of hydrogen-bond donors (Lipinski definition) is 2. The van der Waals surface area contributed by atoms with Crippen LogP contribution < -0.4 is 0 Å².